The first-order chi connectivity index (χ1) is 14.7. The molecule has 5 nitrogen and oxygen atoms in total. The van der Waals surface area contributed by atoms with Crippen LogP contribution in [-0.2, 0) is 13.0 Å². The third-order valence-electron chi connectivity index (χ3n) is 5.70. The van der Waals surface area contributed by atoms with Crippen LogP contribution < -0.4 is 14.4 Å². The van der Waals surface area contributed by atoms with Gasteiger partial charge in [0, 0.05) is 11.6 Å². The van der Waals surface area contributed by atoms with Gasteiger partial charge in [0.05, 0.1) is 19.8 Å². The van der Waals surface area contributed by atoms with Gasteiger partial charge < -0.3 is 24.6 Å². The Morgan fingerprint density at radius 1 is 0.867 bits per heavy atom. The highest BCUT2D eigenvalue weighted by Crippen LogP contribution is 2.38. The second-order valence-electron chi connectivity index (χ2n) is 7.56. The van der Waals surface area contributed by atoms with E-state index >= 15 is 0 Å². The standard InChI is InChI=1S/C25H27NO4/c1-29-21-12-10-20(11-13-21)26-24(16-27)23(25(26)28)15-19-8-5-9-22(14-19)30-17-18-6-3-2-4-7-18/h2-14,23-25,27-28H,15-17H2,1H3/t23-,24+,25?/m0/s1. The first-order valence-electron chi connectivity index (χ1n) is 10.2. The van der Waals surface area contributed by atoms with Crippen LogP contribution in [0.2, 0.25) is 0 Å². The predicted molar refractivity (Wildman–Crippen MR) is 117 cm³/mol. The van der Waals surface area contributed by atoms with Crippen LogP contribution in [0.4, 0.5) is 5.69 Å². The molecule has 0 saturated carbocycles. The normalized spacial score (nSPS) is 20.5. The van der Waals surface area contributed by atoms with Crippen molar-refractivity contribution in [2.75, 3.05) is 18.6 Å². The van der Waals surface area contributed by atoms with E-state index < -0.39 is 6.23 Å². The highest BCUT2D eigenvalue weighted by Gasteiger charge is 2.47. The molecule has 0 bridgehead atoms. The largest absolute Gasteiger partial charge is 0.497 e. The van der Waals surface area contributed by atoms with Gasteiger partial charge in [0.1, 0.15) is 24.3 Å². The zero-order valence-electron chi connectivity index (χ0n) is 17.0. The summed E-state index contributed by atoms with van der Waals surface area (Å²) in [6.07, 6.45) is 0.0196. The number of methoxy groups -OCH3 is 1. The van der Waals surface area contributed by atoms with Gasteiger partial charge >= 0.3 is 0 Å². The Morgan fingerprint density at radius 3 is 2.30 bits per heavy atom. The third kappa shape index (κ3) is 4.27. The van der Waals surface area contributed by atoms with Crippen molar-refractivity contribution in [3.05, 3.63) is 90.0 Å². The van der Waals surface area contributed by atoms with E-state index in [2.05, 4.69) is 0 Å². The van der Waals surface area contributed by atoms with E-state index in [-0.39, 0.29) is 18.6 Å². The van der Waals surface area contributed by atoms with Crippen molar-refractivity contribution in [3.8, 4) is 11.5 Å². The molecule has 1 fully saturated rings. The van der Waals surface area contributed by atoms with Gasteiger partial charge in [-0.1, -0.05) is 42.5 Å². The van der Waals surface area contributed by atoms with Crippen LogP contribution >= 0.6 is 0 Å². The van der Waals surface area contributed by atoms with E-state index in [1.807, 2.05) is 83.8 Å². The Morgan fingerprint density at radius 2 is 1.60 bits per heavy atom. The Bertz CT molecular complexity index is 945. The molecule has 4 rings (SSSR count). The fraction of sp³-hybridized carbons (Fsp3) is 0.280. The minimum atomic E-state index is -0.649. The molecule has 156 valence electrons. The van der Waals surface area contributed by atoms with Crippen LogP contribution in [0.15, 0.2) is 78.9 Å². The van der Waals surface area contributed by atoms with Gasteiger partial charge in [-0.3, -0.25) is 0 Å². The molecular formula is C25H27NO4. The van der Waals surface area contributed by atoms with Crippen molar-refractivity contribution in [3.63, 3.8) is 0 Å². The minimum absolute atomic E-state index is 0.0159. The van der Waals surface area contributed by atoms with Gasteiger partial charge in [0.15, 0.2) is 0 Å². The monoisotopic (exact) mass is 405 g/mol. The summed E-state index contributed by atoms with van der Waals surface area (Å²) in [5.74, 6) is 1.51. The smallest absolute Gasteiger partial charge is 0.132 e. The molecule has 0 aliphatic carbocycles. The van der Waals surface area contributed by atoms with Crippen LogP contribution in [0.3, 0.4) is 0 Å². The van der Waals surface area contributed by atoms with Gasteiger partial charge in [-0.15, -0.1) is 0 Å². The van der Waals surface area contributed by atoms with Crippen LogP contribution in [0.1, 0.15) is 11.1 Å². The highest BCUT2D eigenvalue weighted by molar-refractivity contribution is 5.53. The second kappa shape index (κ2) is 9.20. The predicted octanol–water partition coefficient (Wildman–Crippen LogP) is 3.63. The number of nitrogens with zero attached hydrogens (tertiary/aromatic N) is 1. The summed E-state index contributed by atoms with van der Waals surface area (Å²) in [4.78, 5) is 1.86. The zero-order valence-corrected chi connectivity index (χ0v) is 17.0. The van der Waals surface area contributed by atoms with Gasteiger partial charge in [-0.2, -0.15) is 0 Å². The average molecular weight is 405 g/mol. The number of hydrogen-bond acceptors (Lipinski definition) is 5. The topological polar surface area (TPSA) is 62.2 Å². The molecule has 3 atom stereocenters. The van der Waals surface area contributed by atoms with Crippen LogP contribution in [0, 0.1) is 5.92 Å². The number of ether oxygens (including phenoxy) is 2. The maximum atomic E-state index is 10.8. The first kappa shape index (κ1) is 20.3. The maximum Gasteiger partial charge on any atom is 0.132 e. The number of aliphatic hydroxyl groups excluding tert-OH is 2. The zero-order chi connectivity index (χ0) is 20.9. The minimum Gasteiger partial charge on any atom is -0.497 e. The molecule has 0 spiro atoms. The number of hydrogen-bond donors (Lipinski definition) is 2. The van der Waals surface area contributed by atoms with Gasteiger partial charge in [0.2, 0.25) is 0 Å². The molecule has 1 unspecified atom stereocenters. The Hall–Kier alpha value is -3.02. The summed E-state index contributed by atoms with van der Waals surface area (Å²) in [5.41, 5.74) is 3.07. The number of benzene rings is 3. The molecule has 30 heavy (non-hydrogen) atoms. The molecule has 1 heterocycles. The summed E-state index contributed by atoms with van der Waals surface area (Å²) in [6.45, 7) is 0.499. The molecule has 0 amide bonds. The third-order valence-corrected chi connectivity index (χ3v) is 5.70. The van der Waals surface area contributed by atoms with Crippen molar-refractivity contribution in [1.82, 2.24) is 0 Å². The summed E-state index contributed by atoms with van der Waals surface area (Å²) in [5, 5.41) is 20.7. The van der Waals surface area contributed by atoms with Crippen molar-refractivity contribution in [2.45, 2.75) is 25.3 Å². The van der Waals surface area contributed by atoms with Gasteiger partial charge in [0.25, 0.3) is 0 Å². The van der Waals surface area contributed by atoms with Crippen LogP contribution in [0.5, 0.6) is 11.5 Å². The van der Waals surface area contributed by atoms with E-state index in [0.29, 0.717) is 13.0 Å². The van der Waals surface area contributed by atoms with Crippen LogP contribution in [0.25, 0.3) is 0 Å². The van der Waals surface area contributed by atoms with E-state index in [1.165, 1.54) is 0 Å². The molecule has 2 N–H and O–H groups in total. The number of rotatable bonds is 8. The second-order valence-corrected chi connectivity index (χ2v) is 7.56. The van der Waals surface area contributed by atoms with E-state index in [9.17, 15) is 10.2 Å². The van der Waals surface area contributed by atoms with Crippen molar-refractivity contribution >= 4 is 5.69 Å². The molecule has 1 aliphatic rings. The van der Waals surface area contributed by atoms with Gasteiger partial charge in [-0.25, -0.2) is 0 Å². The van der Waals surface area contributed by atoms with E-state index in [0.717, 1.165) is 28.3 Å². The lowest BCUT2D eigenvalue weighted by Crippen LogP contribution is -2.66. The number of anilines is 1. The average Bonchev–Trinajstić information content (AvgIpc) is 2.80. The van der Waals surface area contributed by atoms with E-state index in [4.69, 9.17) is 9.47 Å². The number of aliphatic hydroxyl groups is 2. The van der Waals surface area contributed by atoms with Crippen LogP contribution in [-0.4, -0.2) is 36.2 Å². The lowest BCUT2D eigenvalue weighted by Gasteiger charge is -2.53. The van der Waals surface area contributed by atoms with Crippen molar-refractivity contribution in [1.29, 1.82) is 0 Å². The first-order valence-corrected chi connectivity index (χ1v) is 10.2. The SMILES string of the molecule is COc1ccc(N2C(O)[C@@H](Cc3cccc(OCc4ccccc4)c3)[C@H]2CO)cc1. The molecule has 3 aromatic carbocycles. The summed E-state index contributed by atoms with van der Waals surface area (Å²) in [6, 6.07) is 25.4. The molecule has 0 aromatic heterocycles. The Labute approximate surface area is 177 Å². The molecule has 1 saturated heterocycles. The van der Waals surface area contributed by atoms with Crippen molar-refractivity contribution < 1.29 is 19.7 Å². The lowest BCUT2D eigenvalue weighted by molar-refractivity contribution is -0.0128. The molecule has 5 heteroatoms. The summed E-state index contributed by atoms with van der Waals surface area (Å²) < 4.78 is 11.1. The summed E-state index contributed by atoms with van der Waals surface area (Å²) in [7, 11) is 1.62. The fourth-order valence-electron chi connectivity index (χ4n) is 4.04. The quantitative estimate of drug-likeness (QED) is 0.599. The molecule has 0 radical (unpaired) electrons. The Kier molecular flexibility index (Phi) is 6.21. The van der Waals surface area contributed by atoms with E-state index in [1.54, 1.807) is 7.11 Å². The summed E-state index contributed by atoms with van der Waals surface area (Å²) >= 11 is 0. The molecular weight excluding hydrogens is 378 g/mol. The highest BCUT2D eigenvalue weighted by atomic mass is 16.5. The lowest BCUT2D eigenvalue weighted by atomic mass is 9.81. The van der Waals surface area contributed by atoms with Gasteiger partial charge in [-0.05, 0) is 53.9 Å². The maximum absolute atomic E-state index is 10.8. The Balaban J connectivity index is 1.41. The molecule has 3 aromatic rings. The molecule has 1 aliphatic heterocycles. The fourth-order valence-corrected chi connectivity index (χ4v) is 4.04. The van der Waals surface area contributed by atoms with Crippen molar-refractivity contribution in [2.24, 2.45) is 5.92 Å².